The zero-order valence-corrected chi connectivity index (χ0v) is 8.99. The standard InChI is InChI=1S/C11H9Cl2N/c12-7-3-8-9(6-1-2-6)5-14-11(8)10(13)4-7/h3-6,14H,1-2H2. The van der Waals surface area contributed by atoms with Crippen molar-refractivity contribution in [3.63, 3.8) is 0 Å². The number of aromatic nitrogens is 1. The molecule has 0 unspecified atom stereocenters. The van der Waals surface area contributed by atoms with E-state index in [1.165, 1.54) is 23.8 Å². The van der Waals surface area contributed by atoms with Crippen LogP contribution in [0.2, 0.25) is 10.0 Å². The van der Waals surface area contributed by atoms with E-state index in [0.717, 1.165) is 11.4 Å². The third-order valence-corrected chi connectivity index (χ3v) is 3.27. The van der Waals surface area contributed by atoms with Crippen molar-refractivity contribution in [2.75, 3.05) is 0 Å². The third kappa shape index (κ3) is 1.23. The SMILES string of the molecule is Clc1cc(Cl)c2[nH]cc(C3CC3)c2c1. The van der Waals surface area contributed by atoms with Gasteiger partial charge in [0.05, 0.1) is 10.5 Å². The minimum atomic E-state index is 0.708. The van der Waals surface area contributed by atoms with Crippen LogP contribution in [0.1, 0.15) is 24.3 Å². The maximum absolute atomic E-state index is 6.09. The van der Waals surface area contributed by atoms with Crippen molar-refractivity contribution in [1.82, 2.24) is 4.98 Å². The zero-order valence-electron chi connectivity index (χ0n) is 7.48. The molecule has 1 N–H and O–H groups in total. The molecule has 1 aliphatic rings. The molecule has 2 aromatic rings. The van der Waals surface area contributed by atoms with Crippen LogP contribution in [0.15, 0.2) is 18.3 Å². The Bertz CT molecular complexity index is 497. The summed E-state index contributed by atoms with van der Waals surface area (Å²) in [7, 11) is 0. The van der Waals surface area contributed by atoms with E-state index < -0.39 is 0 Å². The Balaban J connectivity index is 2.33. The van der Waals surface area contributed by atoms with E-state index in [0.29, 0.717) is 10.0 Å². The Kier molecular flexibility index (Phi) is 1.80. The molecule has 3 heteroatoms. The second-order valence-electron chi connectivity index (χ2n) is 3.83. The van der Waals surface area contributed by atoms with Crippen LogP contribution in [0.25, 0.3) is 10.9 Å². The smallest absolute Gasteiger partial charge is 0.0661 e. The van der Waals surface area contributed by atoms with E-state index in [1.807, 2.05) is 6.07 Å². The Hall–Kier alpha value is -0.660. The summed E-state index contributed by atoms with van der Waals surface area (Å²) in [5.41, 5.74) is 2.38. The molecule has 0 bridgehead atoms. The summed E-state index contributed by atoms with van der Waals surface area (Å²) in [4.78, 5) is 3.21. The molecular weight excluding hydrogens is 217 g/mol. The van der Waals surface area contributed by atoms with Crippen LogP contribution in [0.3, 0.4) is 0 Å². The first kappa shape index (κ1) is 8.63. The summed E-state index contributed by atoms with van der Waals surface area (Å²) in [6.45, 7) is 0. The summed E-state index contributed by atoms with van der Waals surface area (Å²) in [5, 5.41) is 2.61. The summed E-state index contributed by atoms with van der Waals surface area (Å²) >= 11 is 12.1. The molecule has 0 atom stereocenters. The van der Waals surface area contributed by atoms with Gasteiger partial charge in [-0.15, -0.1) is 0 Å². The second kappa shape index (κ2) is 2.91. The molecule has 72 valence electrons. The highest BCUT2D eigenvalue weighted by Gasteiger charge is 2.26. The predicted molar refractivity (Wildman–Crippen MR) is 60.3 cm³/mol. The lowest BCUT2D eigenvalue weighted by Crippen LogP contribution is -1.76. The number of hydrogen-bond acceptors (Lipinski definition) is 0. The van der Waals surface area contributed by atoms with E-state index >= 15 is 0 Å². The zero-order chi connectivity index (χ0) is 9.71. The summed E-state index contributed by atoms with van der Waals surface area (Å²) in [6.07, 6.45) is 4.64. The summed E-state index contributed by atoms with van der Waals surface area (Å²) in [6, 6.07) is 3.77. The molecule has 0 radical (unpaired) electrons. The molecule has 1 heterocycles. The monoisotopic (exact) mass is 225 g/mol. The lowest BCUT2D eigenvalue weighted by atomic mass is 10.1. The van der Waals surface area contributed by atoms with Crippen LogP contribution >= 0.6 is 23.2 Å². The fourth-order valence-corrected chi connectivity index (χ4v) is 2.46. The van der Waals surface area contributed by atoms with Gasteiger partial charge in [0.1, 0.15) is 0 Å². The molecular formula is C11H9Cl2N. The van der Waals surface area contributed by atoms with Gasteiger partial charge in [0.15, 0.2) is 0 Å². The predicted octanol–water partition coefficient (Wildman–Crippen LogP) is 4.35. The topological polar surface area (TPSA) is 15.8 Å². The van der Waals surface area contributed by atoms with Gasteiger partial charge < -0.3 is 4.98 Å². The molecule has 0 spiro atoms. The summed E-state index contributed by atoms with van der Waals surface area (Å²) in [5.74, 6) is 0.721. The largest absolute Gasteiger partial charge is 0.360 e. The van der Waals surface area contributed by atoms with Crippen LogP contribution in [-0.2, 0) is 0 Å². The van der Waals surface area contributed by atoms with Gasteiger partial charge >= 0.3 is 0 Å². The molecule has 1 aromatic carbocycles. The minimum absolute atomic E-state index is 0.708. The fourth-order valence-electron chi connectivity index (χ4n) is 1.91. The van der Waals surface area contributed by atoms with E-state index in [-0.39, 0.29) is 0 Å². The molecule has 1 saturated carbocycles. The first-order chi connectivity index (χ1) is 6.75. The lowest BCUT2D eigenvalue weighted by Gasteiger charge is -1.98. The number of aromatic amines is 1. The van der Waals surface area contributed by atoms with Gasteiger partial charge in [-0.25, -0.2) is 0 Å². The van der Waals surface area contributed by atoms with Crippen molar-refractivity contribution in [3.05, 3.63) is 33.9 Å². The molecule has 1 fully saturated rings. The second-order valence-corrected chi connectivity index (χ2v) is 4.67. The maximum Gasteiger partial charge on any atom is 0.0661 e. The maximum atomic E-state index is 6.09. The molecule has 0 saturated heterocycles. The van der Waals surface area contributed by atoms with Crippen molar-refractivity contribution >= 4 is 34.1 Å². The van der Waals surface area contributed by atoms with Crippen molar-refractivity contribution in [1.29, 1.82) is 0 Å². The molecule has 1 nitrogen and oxygen atoms in total. The van der Waals surface area contributed by atoms with Gasteiger partial charge in [0.2, 0.25) is 0 Å². The van der Waals surface area contributed by atoms with Crippen LogP contribution in [0, 0.1) is 0 Å². The fraction of sp³-hybridized carbons (Fsp3) is 0.273. The van der Waals surface area contributed by atoms with Gasteiger partial charge in [-0.3, -0.25) is 0 Å². The molecule has 0 aliphatic heterocycles. The highest BCUT2D eigenvalue weighted by atomic mass is 35.5. The van der Waals surface area contributed by atoms with Crippen LogP contribution in [0.5, 0.6) is 0 Å². The molecule has 3 rings (SSSR count). The third-order valence-electron chi connectivity index (χ3n) is 2.76. The average molecular weight is 226 g/mol. The Morgan fingerprint density at radius 3 is 2.71 bits per heavy atom. The van der Waals surface area contributed by atoms with Gasteiger partial charge in [-0.05, 0) is 36.5 Å². The van der Waals surface area contributed by atoms with Crippen LogP contribution in [0.4, 0.5) is 0 Å². The number of benzene rings is 1. The van der Waals surface area contributed by atoms with Gasteiger partial charge in [0, 0.05) is 16.6 Å². The normalized spacial score (nSPS) is 16.4. The average Bonchev–Trinajstić information content (AvgIpc) is 2.87. The highest BCUT2D eigenvalue weighted by molar-refractivity contribution is 6.38. The van der Waals surface area contributed by atoms with Gasteiger partial charge in [0.25, 0.3) is 0 Å². The Morgan fingerprint density at radius 2 is 2.00 bits per heavy atom. The number of nitrogens with one attached hydrogen (secondary N) is 1. The molecule has 1 aromatic heterocycles. The first-order valence-electron chi connectivity index (χ1n) is 4.72. The van der Waals surface area contributed by atoms with Gasteiger partial charge in [-0.1, -0.05) is 23.2 Å². The Labute approximate surface area is 92.0 Å². The first-order valence-corrected chi connectivity index (χ1v) is 5.47. The van der Waals surface area contributed by atoms with E-state index in [4.69, 9.17) is 23.2 Å². The number of rotatable bonds is 1. The minimum Gasteiger partial charge on any atom is -0.360 e. The van der Waals surface area contributed by atoms with Crippen molar-refractivity contribution in [3.8, 4) is 0 Å². The Morgan fingerprint density at radius 1 is 1.21 bits per heavy atom. The summed E-state index contributed by atoms with van der Waals surface area (Å²) < 4.78 is 0. The number of hydrogen-bond donors (Lipinski definition) is 1. The highest BCUT2D eigenvalue weighted by Crippen LogP contribution is 2.44. The molecule has 1 aliphatic carbocycles. The van der Waals surface area contributed by atoms with Crippen molar-refractivity contribution in [2.45, 2.75) is 18.8 Å². The van der Waals surface area contributed by atoms with Gasteiger partial charge in [-0.2, -0.15) is 0 Å². The number of H-pyrrole nitrogens is 1. The molecule has 14 heavy (non-hydrogen) atoms. The lowest BCUT2D eigenvalue weighted by molar-refractivity contribution is 1.15. The van der Waals surface area contributed by atoms with Crippen LogP contribution in [-0.4, -0.2) is 4.98 Å². The van der Waals surface area contributed by atoms with E-state index in [9.17, 15) is 0 Å². The number of fused-ring (bicyclic) bond motifs is 1. The van der Waals surface area contributed by atoms with Crippen molar-refractivity contribution < 1.29 is 0 Å². The number of halogens is 2. The quantitative estimate of drug-likeness (QED) is 0.743. The van der Waals surface area contributed by atoms with E-state index in [2.05, 4.69) is 11.2 Å². The van der Waals surface area contributed by atoms with Crippen molar-refractivity contribution in [2.24, 2.45) is 0 Å². The van der Waals surface area contributed by atoms with Crippen LogP contribution < -0.4 is 0 Å². The molecule has 0 amide bonds. The van der Waals surface area contributed by atoms with E-state index in [1.54, 1.807) is 6.07 Å².